The largest absolute Gasteiger partial charge is 0.452 e. The molecule has 5 nitrogen and oxygen atoms in total. The number of rotatable bonds is 4. The fourth-order valence-electron chi connectivity index (χ4n) is 3.45. The summed E-state index contributed by atoms with van der Waals surface area (Å²) in [6, 6.07) is 11.9. The summed E-state index contributed by atoms with van der Waals surface area (Å²) in [5.74, 6) is 0.406. The maximum absolute atomic E-state index is 12.6. The number of nitrogens with zero attached hydrogens (tertiary/aromatic N) is 2. The summed E-state index contributed by atoms with van der Waals surface area (Å²) in [7, 11) is 0. The van der Waals surface area contributed by atoms with Gasteiger partial charge in [0.15, 0.2) is 6.61 Å². The van der Waals surface area contributed by atoms with E-state index in [-0.39, 0.29) is 18.5 Å². The molecule has 0 fully saturated rings. The number of hydrogen-bond acceptors (Lipinski definition) is 6. The van der Waals surface area contributed by atoms with Gasteiger partial charge < -0.3 is 9.26 Å². The average Bonchev–Trinajstić information content (AvgIpc) is 3.41. The van der Waals surface area contributed by atoms with Crippen LogP contribution in [0, 0.1) is 0 Å². The molecule has 128 valence electrons. The molecule has 0 saturated heterocycles. The summed E-state index contributed by atoms with van der Waals surface area (Å²) >= 11 is 1.56. The second kappa shape index (κ2) is 6.07. The van der Waals surface area contributed by atoms with E-state index < -0.39 is 0 Å². The number of thiophene rings is 1. The SMILES string of the molecule is O=C(OCc1nc(-c2ccsc2)no1)c1ccc2c3c(cccc13)CC2. The van der Waals surface area contributed by atoms with Crippen LogP contribution in [0.4, 0.5) is 0 Å². The molecule has 1 aliphatic carbocycles. The van der Waals surface area contributed by atoms with Gasteiger partial charge in [0.25, 0.3) is 5.89 Å². The minimum atomic E-state index is -0.379. The first-order valence-electron chi connectivity index (χ1n) is 8.35. The maximum Gasteiger partial charge on any atom is 0.339 e. The minimum Gasteiger partial charge on any atom is -0.452 e. The highest BCUT2D eigenvalue weighted by Crippen LogP contribution is 2.33. The molecule has 0 spiro atoms. The van der Waals surface area contributed by atoms with Gasteiger partial charge in [0.05, 0.1) is 5.56 Å². The third kappa shape index (κ3) is 2.50. The molecule has 0 saturated carbocycles. The second-order valence-electron chi connectivity index (χ2n) is 6.21. The molecule has 0 unspecified atom stereocenters. The van der Waals surface area contributed by atoms with Crippen LogP contribution in [-0.2, 0) is 24.2 Å². The van der Waals surface area contributed by atoms with Gasteiger partial charge in [-0.25, -0.2) is 4.79 Å². The first kappa shape index (κ1) is 15.3. The molecule has 2 heterocycles. The number of carbonyl (C=O) groups is 1. The van der Waals surface area contributed by atoms with E-state index in [1.807, 2.05) is 41.1 Å². The van der Waals surface area contributed by atoms with Crippen molar-refractivity contribution in [3.63, 3.8) is 0 Å². The minimum absolute atomic E-state index is 0.0428. The first-order chi connectivity index (χ1) is 12.8. The van der Waals surface area contributed by atoms with Gasteiger partial charge in [-0.05, 0) is 52.3 Å². The van der Waals surface area contributed by atoms with Crippen molar-refractivity contribution in [3.05, 3.63) is 69.7 Å². The van der Waals surface area contributed by atoms with Crippen LogP contribution in [0.25, 0.3) is 22.2 Å². The lowest BCUT2D eigenvalue weighted by molar-refractivity contribution is 0.0432. The molecular formula is C20H14N2O3S. The van der Waals surface area contributed by atoms with Crippen LogP contribution in [0.15, 0.2) is 51.7 Å². The first-order valence-corrected chi connectivity index (χ1v) is 9.29. The molecule has 1 aliphatic rings. The second-order valence-corrected chi connectivity index (χ2v) is 6.99. The van der Waals surface area contributed by atoms with Gasteiger partial charge in [0.1, 0.15) is 0 Å². The number of hydrogen-bond donors (Lipinski definition) is 0. The van der Waals surface area contributed by atoms with Crippen molar-refractivity contribution in [2.45, 2.75) is 19.4 Å². The van der Waals surface area contributed by atoms with Gasteiger partial charge in [-0.2, -0.15) is 16.3 Å². The Labute approximate surface area is 153 Å². The van der Waals surface area contributed by atoms with Gasteiger partial charge in [-0.15, -0.1) is 0 Å². The Morgan fingerprint density at radius 3 is 2.88 bits per heavy atom. The van der Waals surface area contributed by atoms with Crippen molar-refractivity contribution in [1.29, 1.82) is 0 Å². The fourth-order valence-corrected chi connectivity index (χ4v) is 4.09. The summed E-state index contributed by atoms with van der Waals surface area (Å²) in [6.45, 7) is -0.0428. The zero-order valence-corrected chi connectivity index (χ0v) is 14.6. The van der Waals surface area contributed by atoms with Gasteiger partial charge in [-0.3, -0.25) is 0 Å². The molecule has 0 bridgehead atoms. The van der Waals surface area contributed by atoms with E-state index in [0.717, 1.165) is 23.8 Å². The lowest BCUT2D eigenvalue weighted by atomic mass is 10.00. The van der Waals surface area contributed by atoms with Crippen LogP contribution in [0.1, 0.15) is 27.4 Å². The van der Waals surface area contributed by atoms with Crippen LogP contribution in [0.5, 0.6) is 0 Å². The zero-order chi connectivity index (χ0) is 17.5. The molecule has 26 heavy (non-hydrogen) atoms. The molecular weight excluding hydrogens is 348 g/mol. The van der Waals surface area contributed by atoms with E-state index in [0.29, 0.717) is 11.4 Å². The zero-order valence-electron chi connectivity index (χ0n) is 13.8. The highest BCUT2D eigenvalue weighted by atomic mass is 32.1. The van der Waals surface area contributed by atoms with Crippen LogP contribution in [0.3, 0.4) is 0 Å². The van der Waals surface area contributed by atoms with E-state index in [1.54, 1.807) is 11.3 Å². The lowest BCUT2D eigenvalue weighted by Gasteiger charge is -2.08. The van der Waals surface area contributed by atoms with Crippen LogP contribution in [-0.4, -0.2) is 16.1 Å². The predicted molar refractivity (Wildman–Crippen MR) is 98.1 cm³/mol. The predicted octanol–water partition coefficient (Wildman–Crippen LogP) is 4.41. The standard InChI is InChI=1S/C20H14N2O3S/c23-20(24-10-17-21-19(22-25-17)14-8-9-26-11-14)16-7-6-13-5-4-12-2-1-3-15(16)18(12)13/h1-3,6-9,11H,4-5,10H2. The third-order valence-corrected chi connectivity index (χ3v) is 5.35. The van der Waals surface area contributed by atoms with Crippen molar-refractivity contribution >= 4 is 28.1 Å². The maximum atomic E-state index is 12.6. The summed E-state index contributed by atoms with van der Waals surface area (Å²) in [5, 5.41) is 9.95. The molecule has 0 atom stereocenters. The Morgan fingerprint density at radius 2 is 2.04 bits per heavy atom. The Bertz CT molecular complexity index is 1110. The van der Waals surface area contributed by atoms with E-state index in [9.17, 15) is 4.79 Å². The number of aryl methyl sites for hydroxylation is 2. The van der Waals surface area contributed by atoms with Crippen molar-refractivity contribution in [3.8, 4) is 11.4 Å². The van der Waals surface area contributed by atoms with Crippen molar-refractivity contribution in [2.24, 2.45) is 0 Å². The highest BCUT2D eigenvalue weighted by molar-refractivity contribution is 7.08. The van der Waals surface area contributed by atoms with Crippen molar-refractivity contribution in [2.75, 3.05) is 0 Å². The summed E-state index contributed by atoms with van der Waals surface area (Å²) in [4.78, 5) is 16.9. The molecule has 5 rings (SSSR count). The third-order valence-electron chi connectivity index (χ3n) is 4.67. The lowest BCUT2D eigenvalue weighted by Crippen LogP contribution is -2.06. The van der Waals surface area contributed by atoms with Gasteiger partial charge >= 0.3 is 5.97 Å². The fraction of sp³-hybridized carbons (Fsp3) is 0.150. The van der Waals surface area contributed by atoms with E-state index in [2.05, 4.69) is 16.2 Å². The van der Waals surface area contributed by atoms with Crippen molar-refractivity contribution < 1.29 is 14.1 Å². The number of ether oxygens (including phenoxy) is 1. The highest BCUT2D eigenvalue weighted by Gasteiger charge is 2.20. The monoisotopic (exact) mass is 362 g/mol. The number of esters is 1. The molecule has 0 aliphatic heterocycles. The van der Waals surface area contributed by atoms with Crippen LogP contribution in [0.2, 0.25) is 0 Å². The van der Waals surface area contributed by atoms with E-state index in [4.69, 9.17) is 9.26 Å². The quantitative estimate of drug-likeness (QED) is 0.503. The number of carbonyl (C=O) groups excluding carboxylic acids is 1. The molecule has 0 amide bonds. The van der Waals surface area contributed by atoms with E-state index in [1.165, 1.54) is 16.5 Å². The summed E-state index contributed by atoms with van der Waals surface area (Å²) in [5.41, 5.74) is 4.06. The average molecular weight is 362 g/mol. The van der Waals surface area contributed by atoms with Gasteiger partial charge in [0, 0.05) is 10.9 Å². The Kier molecular flexibility index (Phi) is 3.57. The molecule has 2 aromatic carbocycles. The molecule has 4 aromatic rings. The normalized spacial score (nSPS) is 12.6. The Balaban J connectivity index is 1.38. The number of benzene rings is 2. The Morgan fingerprint density at radius 1 is 1.15 bits per heavy atom. The van der Waals surface area contributed by atoms with Crippen molar-refractivity contribution in [1.82, 2.24) is 10.1 Å². The summed E-state index contributed by atoms with van der Waals surface area (Å²) in [6.07, 6.45) is 2.05. The van der Waals surface area contributed by atoms with E-state index >= 15 is 0 Å². The van der Waals surface area contributed by atoms with Gasteiger partial charge in [0.2, 0.25) is 5.82 Å². The van der Waals surface area contributed by atoms with Gasteiger partial charge in [-0.1, -0.05) is 29.4 Å². The Hall–Kier alpha value is -2.99. The number of aromatic nitrogens is 2. The molecule has 2 aromatic heterocycles. The molecule has 6 heteroatoms. The topological polar surface area (TPSA) is 65.2 Å². The summed E-state index contributed by atoms with van der Waals surface area (Å²) < 4.78 is 10.6. The van der Waals surface area contributed by atoms with Crippen LogP contribution < -0.4 is 0 Å². The van der Waals surface area contributed by atoms with Crippen LogP contribution >= 0.6 is 11.3 Å². The molecule has 0 radical (unpaired) electrons. The smallest absolute Gasteiger partial charge is 0.339 e. The molecule has 0 N–H and O–H groups in total.